The van der Waals surface area contributed by atoms with E-state index in [1.165, 1.54) is 18.2 Å². The minimum Gasteiger partial charge on any atom is -0.323 e. The molecule has 0 atom stereocenters. The van der Waals surface area contributed by atoms with Gasteiger partial charge in [0.05, 0.1) is 4.92 Å². The Morgan fingerprint density at radius 1 is 1.32 bits per heavy atom. The number of amides is 1. The van der Waals surface area contributed by atoms with Gasteiger partial charge in [-0.25, -0.2) is 0 Å². The van der Waals surface area contributed by atoms with Crippen LogP contribution in [-0.4, -0.2) is 10.8 Å². The van der Waals surface area contributed by atoms with Crippen molar-refractivity contribution in [3.63, 3.8) is 0 Å². The minimum atomic E-state index is -0.469. The molecule has 0 spiro atoms. The fraction of sp³-hybridized carbons (Fsp3) is 0. The maximum absolute atomic E-state index is 11.8. The van der Waals surface area contributed by atoms with Crippen molar-refractivity contribution in [1.82, 2.24) is 0 Å². The summed E-state index contributed by atoms with van der Waals surface area (Å²) < 4.78 is 0. The van der Waals surface area contributed by atoms with E-state index >= 15 is 0 Å². The van der Waals surface area contributed by atoms with Crippen molar-refractivity contribution < 1.29 is 9.72 Å². The van der Waals surface area contributed by atoms with E-state index in [0.717, 1.165) is 28.0 Å². The molecule has 0 aliphatic rings. The van der Waals surface area contributed by atoms with E-state index in [4.69, 9.17) is 5.26 Å². The summed E-state index contributed by atoms with van der Waals surface area (Å²) in [5.74, 6) is -0.336. The summed E-state index contributed by atoms with van der Waals surface area (Å²) in [5, 5.41) is 23.8. The summed E-state index contributed by atoms with van der Waals surface area (Å²) in [5.41, 5.74) is 0.606. The van der Waals surface area contributed by atoms with Crippen LogP contribution in [0.3, 0.4) is 0 Å². The lowest BCUT2D eigenvalue weighted by Crippen LogP contribution is -2.07. The number of thioether (sulfide) groups is 1. The van der Waals surface area contributed by atoms with E-state index in [9.17, 15) is 14.9 Å². The predicted molar refractivity (Wildman–Crippen MR) is 86.5 cm³/mol. The summed E-state index contributed by atoms with van der Waals surface area (Å²) in [6.07, 6.45) is 2.83. The lowest BCUT2D eigenvalue weighted by atomic mass is 10.3. The van der Waals surface area contributed by atoms with Crippen LogP contribution in [0.4, 0.5) is 10.7 Å². The van der Waals surface area contributed by atoms with E-state index in [2.05, 4.69) is 5.32 Å². The number of carbonyl (C=O) groups excluding carboxylic acids is 1. The first-order valence-corrected chi connectivity index (χ1v) is 7.61. The highest BCUT2D eigenvalue weighted by molar-refractivity contribution is 8.03. The van der Waals surface area contributed by atoms with Crippen LogP contribution >= 0.6 is 23.1 Å². The van der Waals surface area contributed by atoms with Gasteiger partial charge in [-0.15, -0.1) is 0 Å². The third kappa shape index (κ3) is 4.44. The number of nitro groups is 1. The Bertz CT molecular complexity index is 760. The number of carbonyl (C=O) groups is 1. The number of hydrogen-bond acceptors (Lipinski definition) is 6. The fourth-order valence-corrected chi connectivity index (χ4v) is 2.63. The quantitative estimate of drug-likeness (QED) is 0.295. The number of rotatable bonds is 5. The molecule has 1 heterocycles. The van der Waals surface area contributed by atoms with Gasteiger partial charge in [-0.1, -0.05) is 11.3 Å². The average molecular weight is 331 g/mol. The molecule has 2 rings (SSSR count). The van der Waals surface area contributed by atoms with Crippen LogP contribution in [0.15, 0.2) is 47.4 Å². The summed E-state index contributed by atoms with van der Waals surface area (Å²) in [7, 11) is 0. The molecule has 8 heteroatoms. The molecule has 0 radical (unpaired) electrons. The van der Waals surface area contributed by atoms with Crippen LogP contribution in [0.1, 0.15) is 4.88 Å². The largest absolute Gasteiger partial charge is 0.324 e. The van der Waals surface area contributed by atoms with Gasteiger partial charge in [-0.2, -0.15) is 5.26 Å². The monoisotopic (exact) mass is 331 g/mol. The first-order valence-electron chi connectivity index (χ1n) is 5.98. The van der Waals surface area contributed by atoms with Gasteiger partial charge in [-0.05, 0) is 48.2 Å². The Morgan fingerprint density at radius 3 is 2.64 bits per heavy atom. The number of thiocyanates is 1. The van der Waals surface area contributed by atoms with E-state index in [1.54, 1.807) is 30.3 Å². The zero-order valence-electron chi connectivity index (χ0n) is 11.1. The number of anilines is 1. The molecule has 1 N–H and O–H groups in total. The van der Waals surface area contributed by atoms with Crippen molar-refractivity contribution in [1.29, 1.82) is 5.26 Å². The molecule has 1 aromatic carbocycles. The van der Waals surface area contributed by atoms with Gasteiger partial charge in [0.15, 0.2) is 0 Å². The van der Waals surface area contributed by atoms with E-state index in [0.29, 0.717) is 10.6 Å². The molecule has 0 aliphatic carbocycles. The van der Waals surface area contributed by atoms with Gasteiger partial charge in [0.25, 0.3) is 0 Å². The van der Waals surface area contributed by atoms with Crippen LogP contribution in [0.5, 0.6) is 0 Å². The summed E-state index contributed by atoms with van der Waals surface area (Å²) in [6.45, 7) is 0. The normalized spacial score (nSPS) is 10.3. The van der Waals surface area contributed by atoms with Gasteiger partial charge in [0, 0.05) is 27.6 Å². The fourth-order valence-electron chi connectivity index (χ4n) is 1.53. The van der Waals surface area contributed by atoms with E-state index in [-0.39, 0.29) is 10.9 Å². The lowest BCUT2D eigenvalue weighted by Gasteiger charge is -2.02. The standard InChI is InChI=1S/C14H9N3O3S2/c15-9-21-11-3-1-10(2-4-11)16-13(18)7-5-12-6-8-14(22-12)17(19)20/h1-8H,(H,16,18)/b7-5+. The molecule has 0 saturated carbocycles. The van der Waals surface area contributed by atoms with Crippen molar-refractivity contribution in [2.24, 2.45) is 0 Å². The second-order valence-corrected chi connectivity index (χ2v) is 5.93. The van der Waals surface area contributed by atoms with E-state index in [1.807, 2.05) is 5.40 Å². The number of nitrogens with zero attached hydrogens (tertiary/aromatic N) is 2. The van der Waals surface area contributed by atoms with Crippen LogP contribution in [0.2, 0.25) is 0 Å². The van der Waals surface area contributed by atoms with Gasteiger partial charge in [0.1, 0.15) is 5.40 Å². The Morgan fingerprint density at radius 2 is 2.05 bits per heavy atom. The zero-order chi connectivity index (χ0) is 15.9. The van der Waals surface area contributed by atoms with Crippen molar-refractivity contribution in [2.75, 3.05) is 5.32 Å². The minimum absolute atomic E-state index is 0.0330. The number of hydrogen-bond donors (Lipinski definition) is 1. The molecule has 0 unspecified atom stereocenters. The smallest absolute Gasteiger partial charge is 0.323 e. The van der Waals surface area contributed by atoms with Gasteiger partial charge in [0.2, 0.25) is 5.91 Å². The topological polar surface area (TPSA) is 96.0 Å². The molecule has 110 valence electrons. The second kappa shape index (κ2) is 7.40. The molecule has 0 aliphatic heterocycles. The number of thiophene rings is 1. The summed E-state index contributed by atoms with van der Waals surface area (Å²) in [4.78, 5) is 23.3. The summed E-state index contributed by atoms with van der Waals surface area (Å²) >= 11 is 2.04. The molecule has 2 aromatic rings. The summed E-state index contributed by atoms with van der Waals surface area (Å²) in [6, 6.07) is 9.84. The highest BCUT2D eigenvalue weighted by atomic mass is 32.2. The highest BCUT2D eigenvalue weighted by Gasteiger charge is 2.08. The number of nitriles is 1. The first kappa shape index (κ1) is 15.8. The molecule has 6 nitrogen and oxygen atoms in total. The van der Waals surface area contributed by atoms with Crippen molar-refractivity contribution in [2.45, 2.75) is 4.90 Å². The molecular weight excluding hydrogens is 322 g/mol. The van der Waals surface area contributed by atoms with Crippen LogP contribution < -0.4 is 5.32 Å². The predicted octanol–water partition coefficient (Wildman–Crippen LogP) is 3.88. The highest BCUT2D eigenvalue weighted by Crippen LogP contribution is 2.25. The van der Waals surface area contributed by atoms with Gasteiger partial charge < -0.3 is 5.32 Å². The third-order valence-electron chi connectivity index (χ3n) is 2.48. The molecule has 0 bridgehead atoms. The van der Waals surface area contributed by atoms with Crippen molar-refractivity contribution in [3.05, 3.63) is 57.5 Å². The third-order valence-corrected chi connectivity index (χ3v) is 4.08. The maximum Gasteiger partial charge on any atom is 0.324 e. The Kier molecular flexibility index (Phi) is 5.30. The lowest BCUT2D eigenvalue weighted by molar-refractivity contribution is -0.380. The molecule has 0 fully saturated rings. The second-order valence-electron chi connectivity index (χ2n) is 3.97. The maximum atomic E-state index is 11.8. The van der Waals surface area contributed by atoms with E-state index < -0.39 is 4.92 Å². The van der Waals surface area contributed by atoms with Gasteiger partial charge >= 0.3 is 5.00 Å². The number of benzene rings is 1. The van der Waals surface area contributed by atoms with Crippen molar-refractivity contribution in [3.8, 4) is 5.40 Å². The van der Waals surface area contributed by atoms with Crippen LogP contribution in [0.25, 0.3) is 6.08 Å². The zero-order valence-corrected chi connectivity index (χ0v) is 12.7. The van der Waals surface area contributed by atoms with Crippen LogP contribution in [-0.2, 0) is 4.79 Å². The molecule has 1 aromatic heterocycles. The number of nitrogens with one attached hydrogen (secondary N) is 1. The Hall–Kier alpha value is -2.63. The molecule has 1 amide bonds. The first-order chi connectivity index (χ1) is 10.6. The molecule has 0 saturated heterocycles. The average Bonchev–Trinajstić information content (AvgIpc) is 2.97. The van der Waals surface area contributed by atoms with Crippen LogP contribution in [0, 0.1) is 20.8 Å². The Labute approximate surface area is 134 Å². The molecular formula is C14H9N3O3S2. The SMILES string of the molecule is N#CSc1ccc(NC(=O)/C=C/c2ccc([N+](=O)[O-])s2)cc1. The Balaban J connectivity index is 1.95. The van der Waals surface area contributed by atoms with Crippen molar-refractivity contribution >= 4 is 45.8 Å². The van der Waals surface area contributed by atoms with Gasteiger partial charge in [-0.3, -0.25) is 14.9 Å². The molecule has 22 heavy (non-hydrogen) atoms.